The number of ether oxygens (including phenoxy) is 1. The van der Waals surface area contributed by atoms with E-state index in [-0.39, 0.29) is 0 Å². The van der Waals surface area contributed by atoms with Crippen molar-refractivity contribution in [2.45, 2.75) is 77.1 Å². The molecule has 2 heteroatoms. The molecule has 0 aliphatic carbocycles. The lowest BCUT2D eigenvalue weighted by atomic mass is 9.93. The molecule has 0 bridgehead atoms. The third kappa shape index (κ3) is 6.76. The van der Waals surface area contributed by atoms with Crippen LogP contribution in [0.15, 0.2) is 43.0 Å². The van der Waals surface area contributed by atoms with Gasteiger partial charge >= 0.3 is 0 Å². The minimum absolute atomic E-state index is 0.497. The number of rotatable bonds is 12. The number of hydrogen-bond acceptors (Lipinski definition) is 2. The number of aliphatic hydroxyl groups is 1. The van der Waals surface area contributed by atoms with Crippen molar-refractivity contribution in [1.82, 2.24) is 0 Å². The van der Waals surface area contributed by atoms with Gasteiger partial charge in [-0.2, -0.15) is 0 Å². The molecule has 0 saturated carbocycles. The maximum atomic E-state index is 10.5. The number of unbranched alkanes of at least 4 members (excludes halogenated alkanes) is 5. The molecular weight excluding hydrogens is 272 g/mol. The van der Waals surface area contributed by atoms with Crippen LogP contribution in [0.5, 0.6) is 0 Å². The second kappa shape index (κ2) is 10.6. The molecule has 0 spiro atoms. The second-order valence-electron chi connectivity index (χ2n) is 6.23. The van der Waals surface area contributed by atoms with Crippen LogP contribution in [0.4, 0.5) is 0 Å². The SMILES string of the molecule is C=C[C@](C)(OCc1ccccc1)[C@H](O)CCCCCCCC. The molecule has 0 unspecified atom stereocenters. The maximum absolute atomic E-state index is 10.5. The van der Waals surface area contributed by atoms with Crippen LogP contribution in [-0.2, 0) is 11.3 Å². The topological polar surface area (TPSA) is 29.5 Å². The van der Waals surface area contributed by atoms with E-state index in [0.717, 1.165) is 18.4 Å². The van der Waals surface area contributed by atoms with Crippen LogP contribution in [0.25, 0.3) is 0 Å². The summed E-state index contributed by atoms with van der Waals surface area (Å²) in [6.07, 6.45) is 9.37. The van der Waals surface area contributed by atoms with Crippen molar-refractivity contribution >= 4 is 0 Å². The molecule has 0 aliphatic heterocycles. The summed E-state index contributed by atoms with van der Waals surface area (Å²) >= 11 is 0. The Hall–Kier alpha value is -1.12. The molecule has 2 atom stereocenters. The average Bonchev–Trinajstić information content (AvgIpc) is 2.56. The second-order valence-corrected chi connectivity index (χ2v) is 6.23. The molecule has 0 fully saturated rings. The molecule has 0 saturated heterocycles. The van der Waals surface area contributed by atoms with E-state index in [1.54, 1.807) is 6.08 Å². The fourth-order valence-corrected chi connectivity index (χ4v) is 2.51. The van der Waals surface area contributed by atoms with Crippen LogP contribution >= 0.6 is 0 Å². The van der Waals surface area contributed by atoms with Crippen LogP contribution in [0.1, 0.15) is 64.4 Å². The predicted octanol–water partition coefficient (Wildman–Crippen LogP) is 5.26. The Morgan fingerprint density at radius 2 is 1.77 bits per heavy atom. The van der Waals surface area contributed by atoms with Crippen molar-refractivity contribution in [2.24, 2.45) is 0 Å². The maximum Gasteiger partial charge on any atom is 0.109 e. The first-order valence-electron chi connectivity index (χ1n) is 8.62. The highest BCUT2D eigenvalue weighted by molar-refractivity contribution is 5.14. The molecule has 1 rings (SSSR count). The first-order chi connectivity index (χ1) is 10.6. The predicted molar refractivity (Wildman–Crippen MR) is 93.8 cm³/mol. The Kier molecular flexibility index (Phi) is 9.10. The van der Waals surface area contributed by atoms with Gasteiger partial charge in [0.1, 0.15) is 5.60 Å². The molecule has 1 aromatic rings. The van der Waals surface area contributed by atoms with Gasteiger partial charge in [-0.25, -0.2) is 0 Å². The van der Waals surface area contributed by atoms with E-state index in [2.05, 4.69) is 13.5 Å². The molecule has 0 amide bonds. The first-order valence-corrected chi connectivity index (χ1v) is 8.62. The van der Waals surface area contributed by atoms with Crippen LogP contribution in [0.2, 0.25) is 0 Å². The van der Waals surface area contributed by atoms with E-state index in [1.807, 2.05) is 37.3 Å². The smallest absolute Gasteiger partial charge is 0.109 e. The number of benzene rings is 1. The largest absolute Gasteiger partial charge is 0.390 e. The summed E-state index contributed by atoms with van der Waals surface area (Å²) in [4.78, 5) is 0. The summed E-state index contributed by atoms with van der Waals surface area (Å²) in [6, 6.07) is 10.0. The monoisotopic (exact) mass is 304 g/mol. The van der Waals surface area contributed by atoms with Gasteiger partial charge in [0.05, 0.1) is 12.7 Å². The van der Waals surface area contributed by atoms with Crippen LogP contribution < -0.4 is 0 Å². The van der Waals surface area contributed by atoms with Gasteiger partial charge in [0.2, 0.25) is 0 Å². The summed E-state index contributed by atoms with van der Waals surface area (Å²) in [5, 5.41) is 10.5. The van der Waals surface area contributed by atoms with Gasteiger partial charge < -0.3 is 9.84 Å². The molecule has 0 aromatic heterocycles. The van der Waals surface area contributed by atoms with Crippen molar-refractivity contribution in [3.8, 4) is 0 Å². The van der Waals surface area contributed by atoms with Crippen molar-refractivity contribution in [2.75, 3.05) is 0 Å². The Morgan fingerprint density at radius 3 is 2.41 bits per heavy atom. The third-order valence-corrected chi connectivity index (χ3v) is 4.29. The summed E-state index contributed by atoms with van der Waals surface area (Å²) in [5.74, 6) is 0. The quantitative estimate of drug-likeness (QED) is 0.421. The van der Waals surface area contributed by atoms with E-state index < -0.39 is 11.7 Å². The fraction of sp³-hybridized carbons (Fsp3) is 0.600. The zero-order valence-electron chi connectivity index (χ0n) is 14.3. The molecule has 0 radical (unpaired) electrons. The summed E-state index contributed by atoms with van der Waals surface area (Å²) in [5.41, 5.74) is 0.432. The van der Waals surface area contributed by atoms with Crippen molar-refractivity contribution in [3.05, 3.63) is 48.6 Å². The lowest BCUT2D eigenvalue weighted by Crippen LogP contribution is -2.40. The molecular formula is C20H32O2. The minimum atomic E-state index is -0.681. The molecule has 1 aromatic carbocycles. The number of hydrogen-bond donors (Lipinski definition) is 1. The standard InChI is InChI=1S/C20H32O2/c1-4-6-7-8-9-13-16-19(21)20(3,5-2)22-17-18-14-11-10-12-15-18/h5,10-12,14-15,19,21H,2,4,6-9,13,16-17H2,1,3H3/t19-,20+/m1/s1. The fourth-order valence-electron chi connectivity index (χ4n) is 2.51. The molecule has 0 heterocycles. The van der Waals surface area contributed by atoms with E-state index in [4.69, 9.17) is 4.74 Å². The van der Waals surface area contributed by atoms with E-state index in [9.17, 15) is 5.11 Å². The van der Waals surface area contributed by atoms with Crippen LogP contribution in [0.3, 0.4) is 0 Å². The van der Waals surface area contributed by atoms with Crippen LogP contribution in [0, 0.1) is 0 Å². The van der Waals surface area contributed by atoms with Gasteiger partial charge in [0, 0.05) is 0 Å². The Morgan fingerprint density at radius 1 is 1.14 bits per heavy atom. The minimum Gasteiger partial charge on any atom is -0.390 e. The third-order valence-electron chi connectivity index (χ3n) is 4.29. The van der Waals surface area contributed by atoms with Crippen molar-refractivity contribution in [3.63, 3.8) is 0 Å². The lowest BCUT2D eigenvalue weighted by molar-refractivity contribution is -0.0918. The normalized spacial score (nSPS) is 15.2. The van der Waals surface area contributed by atoms with E-state index in [1.165, 1.54) is 32.1 Å². The molecule has 0 aliphatic rings. The van der Waals surface area contributed by atoms with Crippen molar-refractivity contribution < 1.29 is 9.84 Å². The van der Waals surface area contributed by atoms with E-state index in [0.29, 0.717) is 6.61 Å². The van der Waals surface area contributed by atoms with Crippen molar-refractivity contribution in [1.29, 1.82) is 0 Å². The van der Waals surface area contributed by atoms with Gasteiger partial charge in [-0.05, 0) is 18.9 Å². The first kappa shape index (κ1) is 18.9. The molecule has 124 valence electrons. The summed E-state index contributed by atoms with van der Waals surface area (Å²) in [7, 11) is 0. The van der Waals surface area contributed by atoms with E-state index >= 15 is 0 Å². The van der Waals surface area contributed by atoms with Crippen LogP contribution in [-0.4, -0.2) is 16.8 Å². The van der Waals surface area contributed by atoms with Gasteiger partial charge in [-0.1, -0.05) is 81.9 Å². The molecule has 1 N–H and O–H groups in total. The van der Waals surface area contributed by atoms with Gasteiger partial charge in [0.25, 0.3) is 0 Å². The summed E-state index contributed by atoms with van der Waals surface area (Å²) in [6.45, 7) is 8.49. The lowest BCUT2D eigenvalue weighted by Gasteiger charge is -2.32. The zero-order chi connectivity index (χ0) is 16.3. The zero-order valence-corrected chi connectivity index (χ0v) is 14.3. The molecule has 2 nitrogen and oxygen atoms in total. The Bertz CT molecular complexity index is 401. The van der Waals surface area contributed by atoms with Gasteiger partial charge in [0.15, 0.2) is 0 Å². The number of aliphatic hydroxyl groups excluding tert-OH is 1. The average molecular weight is 304 g/mol. The highest BCUT2D eigenvalue weighted by Gasteiger charge is 2.30. The highest BCUT2D eigenvalue weighted by atomic mass is 16.5. The molecule has 22 heavy (non-hydrogen) atoms. The van der Waals surface area contributed by atoms with Gasteiger partial charge in [-0.3, -0.25) is 0 Å². The Balaban J connectivity index is 2.34. The van der Waals surface area contributed by atoms with Gasteiger partial charge in [-0.15, -0.1) is 6.58 Å². The highest BCUT2D eigenvalue weighted by Crippen LogP contribution is 2.23. The Labute approximate surface area is 136 Å². The summed E-state index contributed by atoms with van der Waals surface area (Å²) < 4.78 is 5.95.